The van der Waals surface area contributed by atoms with Crippen molar-refractivity contribution in [3.8, 4) is 11.6 Å². The van der Waals surface area contributed by atoms with Gasteiger partial charge in [0, 0.05) is 76.6 Å². The molecule has 0 amide bonds. The van der Waals surface area contributed by atoms with E-state index in [1.54, 1.807) is 6.26 Å². The zero-order valence-corrected chi connectivity index (χ0v) is 22.0. The molecule has 0 N–H and O–H groups in total. The summed E-state index contributed by atoms with van der Waals surface area (Å²) in [5.41, 5.74) is 1.20. The van der Waals surface area contributed by atoms with E-state index in [0.717, 1.165) is 93.9 Å². The van der Waals surface area contributed by atoms with Gasteiger partial charge < -0.3 is 19.0 Å². The van der Waals surface area contributed by atoms with Crippen molar-refractivity contribution in [1.29, 1.82) is 0 Å². The molecule has 2 aliphatic heterocycles. The van der Waals surface area contributed by atoms with Gasteiger partial charge in [-0.25, -0.2) is 9.97 Å². The molecule has 0 bridgehead atoms. The van der Waals surface area contributed by atoms with Crippen molar-refractivity contribution in [2.24, 2.45) is 0 Å². The molecule has 0 atom stereocenters. The van der Waals surface area contributed by atoms with E-state index in [1.807, 2.05) is 36.8 Å². The van der Waals surface area contributed by atoms with Gasteiger partial charge in [-0.05, 0) is 48.5 Å². The highest BCUT2D eigenvalue weighted by Gasteiger charge is 2.21. The molecular formula is C26H31N9O2S. The minimum Gasteiger partial charge on any atom is -0.461 e. The molecule has 12 heteroatoms. The molecule has 6 rings (SSSR count). The fourth-order valence-electron chi connectivity index (χ4n) is 4.79. The molecule has 0 radical (unpaired) electrons. The Kier molecular flexibility index (Phi) is 7.79. The molecule has 2 fully saturated rings. The maximum absolute atomic E-state index is 5.66. The van der Waals surface area contributed by atoms with Crippen molar-refractivity contribution in [2.75, 3.05) is 68.8 Å². The lowest BCUT2D eigenvalue weighted by molar-refractivity contribution is 0.0368. The molecule has 0 saturated carbocycles. The lowest BCUT2D eigenvalue weighted by Crippen LogP contribution is -2.47. The second-order valence-electron chi connectivity index (χ2n) is 9.22. The van der Waals surface area contributed by atoms with Crippen LogP contribution in [0.25, 0.3) is 11.6 Å². The summed E-state index contributed by atoms with van der Waals surface area (Å²) in [5.74, 6) is 2.20. The van der Waals surface area contributed by atoms with E-state index in [2.05, 4.69) is 51.6 Å². The summed E-state index contributed by atoms with van der Waals surface area (Å²) in [5, 5.41) is 10.6. The highest BCUT2D eigenvalue weighted by atomic mass is 32.2. The van der Waals surface area contributed by atoms with Crippen molar-refractivity contribution in [1.82, 2.24) is 34.6 Å². The molecule has 4 aromatic heterocycles. The van der Waals surface area contributed by atoms with Gasteiger partial charge in [-0.15, -0.1) is 10.2 Å². The predicted molar refractivity (Wildman–Crippen MR) is 144 cm³/mol. The average molecular weight is 534 g/mol. The number of morpholine rings is 1. The molecule has 0 aromatic carbocycles. The number of furan rings is 1. The smallest absolute Gasteiger partial charge is 0.226 e. The summed E-state index contributed by atoms with van der Waals surface area (Å²) >= 11 is 1.51. The number of anilines is 2. The fourth-order valence-corrected chi connectivity index (χ4v) is 5.60. The molecule has 11 nitrogen and oxygen atoms in total. The standard InChI is InChI=1S/C26H31N9O2S/c1-3-22(37-18-1)24-30-31-26(35(24)11-2-10-32-16-19-36-20-17-32)38-23-6-9-28-25(29-23)34-14-12-33(13-15-34)21-4-7-27-8-5-21/h1,3-9,18H,2,10-17,19-20H2. The van der Waals surface area contributed by atoms with Crippen LogP contribution in [-0.4, -0.2) is 93.6 Å². The van der Waals surface area contributed by atoms with Crippen molar-refractivity contribution in [2.45, 2.75) is 23.1 Å². The van der Waals surface area contributed by atoms with Gasteiger partial charge in [-0.2, -0.15) is 0 Å². The van der Waals surface area contributed by atoms with Gasteiger partial charge in [0.25, 0.3) is 0 Å². The minimum atomic E-state index is 0.714. The summed E-state index contributed by atoms with van der Waals surface area (Å²) in [7, 11) is 0. The third-order valence-electron chi connectivity index (χ3n) is 6.82. The monoisotopic (exact) mass is 533 g/mol. The Morgan fingerprint density at radius 1 is 0.842 bits per heavy atom. The third-order valence-corrected chi connectivity index (χ3v) is 7.74. The van der Waals surface area contributed by atoms with Gasteiger partial charge in [0.1, 0.15) is 5.03 Å². The molecule has 0 aliphatic carbocycles. The van der Waals surface area contributed by atoms with Crippen LogP contribution in [0.3, 0.4) is 0 Å². The first-order chi connectivity index (χ1) is 18.8. The number of hydrogen-bond acceptors (Lipinski definition) is 11. The number of piperazine rings is 1. The number of nitrogens with zero attached hydrogens (tertiary/aromatic N) is 9. The van der Waals surface area contributed by atoms with E-state index in [1.165, 1.54) is 17.4 Å². The molecule has 6 heterocycles. The van der Waals surface area contributed by atoms with E-state index < -0.39 is 0 Å². The summed E-state index contributed by atoms with van der Waals surface area (Å²) in [6.07, 6.45) is 8.15. The lowest BCUT2D eigenvalue weighted by atomic mass is 10.3. The molecule has 0 spiro atoms. The summed E-state index contributed by atoms with van der Waals surface area (Å²) in [4.78, 5) is 20.6. The first kappa shape index (κ1) is 24.8. The predicted octanol–water partition coefficient (Wildman–Crippen LogP) is 2.92. The van der Waals surface area contributed by atoms with Crippen LogP contribution in [0.4, 0.5) is 11.6 Å². The molecule has 2 aliphatic rings. The second kappa shape index (κ2) is 11.9. The van der Waals surface area contributed by atoms with Gasteiger partial charge in [-0.3, -0.25) is 14.5 Å². The van der Waals surface area contributed by atoms with E-state index in [4.69, 9.17) is 14.1 Å². The van der Waals surface area contributed by atoms with Gasteiger partial charge >= 0.3 is 0 Å². The van der Waals surface area contributed by atoms with Crippen LogP contribution < -0.4 is 9.80 Å². The van der Waals surface area contributed by atoms with Gasteiger partial charge in [0.05, 0.1) is 19.5 Å². The molecule has 38 heavy (non-hydrogen) atoms. The van der Waals surface area contributed by atoms with Crippen LogP contribution in [0.1, 0.15) is 6.42 Å². The van der Waals surface area contributed by atoms with Crippen LogP contribution in [0.15, 0.2) is 69.8 Å². The number of aromatic nitrogens is 6. The van der Waals surface area contributed by atoms with Gasteiger partial charge in [-0.1, -0.05) is 0 Å². The summed E-state index contributed by atoms with van der Waals surface area (Å²) in [6, 6.07) is 9.83. The highest BCUT2D eigenvalue weighted by molar-refractivity contribution is 7.99. The topological polar surface area (TPSA) is 101 Å². The molecule has 2 saturated heterocycles. The number of rotatable bonds is 9. The van der Waals surface area contributed by atoms with Crippen molar-refractivity contribution >= 4 is 23.4 Å². The van der Waals surface area contributed by atoms with Crippen molar-refractivity contribution < 1.29 is 9.15 Å². The number of pyridine rings is 1. The van der Waals surface area contributed by atoms with E-state index in [0.29, 0.717) is 5.76 Å². The molecule has 4 aromatic rings. The molecular weight excluding hydrogens is 502 g/mol. The minimum absolute atomic E-state index is 0.714. The van der Waals surface area contributed by atoms with Crippen LogP contribution in [-0.2, 0) is 11.3 Å². The highest BCUT2D eigenvalue weighted by Crippen LogP contribution is 2.30. The van der Waals surface area contributed by atoms with Gasteiger partial charge in [0.15, 0.2) is 16.7 Å². The molecule has 198 valence electrons. The molecule has 0 unspecified atom stereocenters. The lowest BCUT2D eigenvalue weighted by Gasteiger charge is -2.36. The normalized spacial score (nSPS) is 16.7. The number of hydrogen-bond donors (Lipinski definition) is 0. The van der Waals surface area contributed by atoms with Crippen molar-refractivity contribution in [3.63, 3.8) is 0 Å². The quantitative estimate of drug-likeness (QED) is 0.297. The first-order valence-corrected chi connectivity index (χ1v) is 13.8. The fraction of sp³-hybridized carbons (Fsp3) is 0.423. The van der Waals surface area contributed by atoms with Crippen LogP contribution >= 0.6 is 11.8 Å². The Morgan fingerprint density at radius 2 is 1.66 bits per heavy atom. The Hall–Kier alpha value is -3.48. The average Bonchev–Trinajstić information content (AvgIpc) is 3.65. The Labute approximate surface area is 225 Å². The van der Waals surface area contributed by atoms with Gasteiger partial charge in [0.2, 0.25) is 5.95 Å². The summed E-state index contributed by atoms with van der Waals surface area (Å²) < 4.78 is 13.3. The Balaban J connectivity index is 1.14. The maximum Gasteiger partial charge on any atom is 0.226 e. The largest absolute Gasteiger partial charge is 0.461 e. The zero-order valence-electron chi connectivity index (χ0n) is 21.2. The Morgan fingerprint density at radius 3 is 2.45 bits per heavy atom. The van der Waals surface area contributed by atoms with Crippen LogP contribution in [0.5, 0.6) is 0 Å². The van der Waals surface area contributed by atoms with E-state index in [-0.39, 0.29) is 0 Å². The third kappa shape index (κ3) is 5.82. The van der Waals surface area contributed by atoms with Crippen molar-refractivity contribution in [3.05, 3.63) is 55.2 Å². The second-order valence-corrected chi connectivity index (χ2v) is 10.2. The first-order valence-electron chi connectivity index (χ1n) is 13.0. The SMILES string of the molecule is c1coc(-c2nnc(Sc3ccnc(N4CCN(c5ccncc5)CC4)n3)n2CCCN2CCOCC2)c1. The van der Waals surface area contributed by atoms with Crippen LogP contribution in [0, 0.1) is 0 Å². The summed E-state index contributed by atoms with van der Waals surface area (Å²) in [6.45, 7) is 8.91. The van der Waals surface area contributed by atoms with E-state index in [9.17, 15) is 0 Å². The number of ether oxygens (including phenoxy) is 1. The Bertz CT molecular complexity index is 1290. The van der Waals surface area contributed by atoms with Crippen LogP contribution in [0.2, 0.25) is 0 Å². The van der Waals surface area contributed by atoms with E-state index >= 15 is 0 Å². The maximum atomic E-state index is 5.66. The zero-order chi connectivity index (χ0) is 25.6.